The van der Waals surface area contributed by atoms with Crippen LogP contribution in [0.3, 0.4) is 0 Å². The summed E-state index contributed by atoms with van der Waals surface area (Å²) in [6, 6.07) is 9.47. The van der Waals surface area contributed by atoms with E-state index in [9.17, 15) is 4.79 Å². The molecule has 0 aliphatic heterocycles. The number of carbonyl (C=O) groups excluding carboxylic acids is 1. The number of hydrogen-bond acceptors (Lipinski definition) is 2. The molecule has 0 amide bonds. The predicted octanol–water partition coefficient (Wildman–Crippen LogP) is 3.97. The molecule has 0 saturated heterocycles. The summed E-state index contributed by atoms with van der Waals surface area (Å²) in [7, 11) is 0. The number of nitrogens with zero attached hydrogens (tertiary/aromatic N) is 1. The Balaban J connectivity index is 3.13. The summed E-state index contributed by atoms with van der Waals surface area (Å²) in [6.45, 7) is 5.42. The van der Waals surface area contributed by atoms with E-state index in [4.69, 9.17) is 5.26 Å². The Hall–Kier alpha value is -1.40. The first kappa shape index (κ1) is 13.7. The largest absolute Gasteiger partial charge is 0.293 e. The molecule has 88 valence electrons. The van der Waals surface area contributed by atoms with Crippen molar-refractivity contribution in [1.82, 2.24) is 0 Å². The molecule has 0 aliphatic carbocycles. The molecule has 0 unspecified atom stereocenters. The number of halogens is 1. The number of nitriles is 1. The van der Waals surface area contributed by atoms with Crippen molar-refractivity contribution in [3.63, 3.8) is 0 Å². The summed E-state index contributed by atoms with van der Waals surface area (Å²) in [4.78, 5) is 12.0. The summed E-state index contributed by atoms with van der Waals surface area (Å²) < 4.78 is 0.923. The van der Waals surface area contributed by atoms with Gasteiger partial charge in [-0.05, 0) is 23.8 Å². The van der Waals surface area contributed by atoms with Crippen LogP contribution in [0.1, 0.15) is 26.3 Å². The second kappa shape index (κ2) is 5.29. The molecule has 3 heteroatoms. The van der Waals surface area contributed by atoms with Crippen LogP contribution >= 0.6 is 15.9 Å². The maximum Gasteiger partial charge on any atom is 0.178 e. The van der Waals surface area contributed by atoms with Gasteiger partial charge in [0.05, 0.1) is 5.57 Å². The molecule has 0 aromatic heterocycles. The maximum atomic E-state index is 12.0. The van der Waals surface area contributed by atoms with E-state index in [0.717, 1.165) is 10.0 Å². The molecule has 0 atom stereocenters. The van der Waals surface area contributed by atoms with E-state index in [2.05, 4.69) is 15.9 Å². The predicted molar refractivity (Wildman–Crippen MR) is 72.2 cm³/mol. The maximum absolute atomic E-state index is 12.0. The van der Waals surface area contributed by atoms with Crippen LogP contribution in [-0.2, 0) is 4.79 Å². The fraction of sp³-hybridized carbons (Fsp3) is 0.286. The fourth-order valence-electron chi connectivity index (χ4n) is 1.32. The molecule has 1 rings (SSSR count). The van der Waals surface area contributed by atoms with Crippen molar-refractivity contribution >= 4 is 27.8 Å². The van der Waals surface area contributed by atoms with Gasteiger partial charge in [0.2, 0.25) is 0 Å². The third kappa shape index (κ3) is 3.83. The Kier molecular flexibility index (Phi) is 4.25. The molecule has 0 saturated carbocycles. The van der Waals surface area contributed by atoms with Gasteiger partial charge in [-0.3, -0.25) is 4.79 Å². The van der Waals surface area contributed by atoms with Crippen LogP contribution in [0.4, 0.5) is 0 Å². The van der Waals surface area contributed by atoms with Gasteiger partial charge in [0.25, 0.3) is 0 Å². The van der Waals surface area contributed by atoms with Crippen molar-refractivity contribution in [2.24, 2.45) is 5.41 Å². The molecule has 1 aromatic rings. The highest BCUT2D eigenvalue weighted by molar-refractivity contribution is 9.10. The quantitative estimate of drug-likeness (QED) is 0.611. The average molecular weight is 292 g/mol. The van der Waals surface area contributed by atoms with Gasteiger partial charge in [0, 0.05) is 9.89 Å². The van der Waals surface area contributed by atoms with E-state index in [1.54, 1.807) is 26.8 Å². The molecular weight excluding hydrogens is 278 g/mol. The molecule has 0 fully saturated rings. The van der Waals surface area contributed by atoms with Crippen LogP contribution in [-0.4, -0.2) is 5.78 Å². The summed E-state index contributed by atoms with van der Waals surface area (Å²) in [5.74, 6) is -0.139. The van der Waals surface area contributed by atoms with Crippen LogP contribution in [0.2, 0.25) is 0 Å². The van der Waals surface area contributed by atoms with Gasteiger partial charge in [-0.15, -0.1) is 0 Å². The van der Waals surface area contributed by atoms with E-state index >= 15 is 0 Å². The smallest absolute Gasteiger partial charge is 0.178 e. The summed E-state index contributed by atoms with van der Waals surface area (Å²) >= 11 is 3.35. The number of allylic oxidation sites excluding steroid dienone is 1. The highest BCUT2D eigenvalue weighted by Crippen LogP contribution is 2.22. The third-order valence-electron chi connectivity index (χ3n) is 2.21. The molecule has 0 radical (unpaired) electrons. The standard InChI is InChI=1S/C14H14BrNO/c1-14(2,3)13(17)11(9-16)7-10-5-4-6-12(15)8-10/h4-8H,1-3H3. The van der Waals surface area contributed by atoms with Crippen LogP contribution in [0, 0.1) is 16.7 Å². The molecule has 0 aliphatic rings. The minimum atomic E-state index is -0.534. The normalized spacial score (nSPS) is 12.1. The van der Waals surface area contributed by atoms with Gasteiger partial charge >= 0.3 is 0 Å². The van der Waals surface area contributed by atoms with Crippen LogP contribution in [0.15, 0.2) is 34.3 Å². The SMILES string of the molecule is CC(C)(C)C(=O)C(C#N)=Cc1cccc(Br)c1. The molecule has 0 heterocycles. The van der Waals surface area contributed by atoms with Crippen molar-refractivity contribution < 1.29 is 4.79 Å². The van der Waals surface area contributed by atoms with E-state index in [0.29, 0.717) is 0 Å². The number of Topliss-reactive ketones (excluding diaryl/α,β-unsaturated/α-hetero) is 1. The lowest BCUT2D eigenvalue weighted by atomic mass is 9.86. The highest BCUT2D eigenvalue weighted by atomic mass is 79.9. The minimum Gasteiger partial charge on any atom is -0.293 e. The minimum absolute atomic E-state index is 0.139. The Morgan fingerprint density at radius 2 is 2.06 bits per heavy atom. The van der Waals surface area contributed by atoms with Gasteiger partial charge in [0.1, 0.15) is 6.07 Å². The van der Waals surface area contributed by atoms with Crippen LogP contribution < -0.4 is 0 Å². The first-order valence-corrected chi connectivity index (χ1v) is 6.06. The van der Waals surface area contributed by atoms with Gasteiger partial charge in [0.15, 0.2) is 5.78 Å². The second-order valence-corrected chi connectivity index (χ2v) is 5.72. The lowest BCUT2D eigenvalue weighted by molar-refractivity contribution is -0.121. The number of rotatable bonds is 2. The van der Waals surface area contributed by atoms with Gasteiger partial charge in [-0.2, -0.15) is 5.26 Å². The first-order chi connectivity index (χ1) is 7.84. The summed E-state index contributed by atoms with van der Waals surface area (Å²) in [5, 5.41) is 9.04. The van der Waals surface area contributed by atoms with Gasteiger partial charge < -0.3 is 0 Å². The second-order valence-electron chi connectivity index (χ2n) is 4.80. The summed E-state index contributed by atoms with van der Waals surface area (Å²) in [6.07, 6.45) is 1.62. The number of carbonyl (C=O) groups is 1. The van der Waals surface area contributed by atoms with E-state index in [1.165, 1.54) is 0 Å². The molecular formula is C14H14BrNO. The fourth-order valence-corrected chi connectivity index (χ4v) is 1.73. The Morgan fingerprint density at radius 1 is 1.41 bits per heavy atom. The van der Waals surface area contributed by atoms with Crippen molar-refractivity contribution in [3.05, 3.63) is 39.9 Å². The van der Waals surface area contributed by atoms with Gasteiger partial charge in [-0.25, -0.2) is 0 Å². The molecule has 17 heavy (non-hydrogen) atoms. The van der Waals surface area contributed by atoms with Crippen molar-refractivity contribution in [3.8, 4) is 6.07 Å². The Morgan fingerprint density at radius 3 is 2.53 bits per heavy atom. The number of hydrogen-bond donors (Lipinski definition) is 0. The third-order valence-corrected chi connectivity index (χ3v) is 2.70. The highest BCUT2D eigenvalue weighted by Gasteiger charge is 2.24. The van der Waals surface area contributed by atoms with Crippen molar-refractivity contribution in [2.75, 3.05) is 0 Å². The zero-order valence-electron chi connectivity index (χ0n) is 10.1. The van der Waals surface area contributed by atoms with Gasteiger partial charge in [-0.1, -0.05) is 48.8 Å². The zero-order chi connectivity index (χ0) is 13.1. The van der Waals surface area contributed by atoms with E-state index < -0.39 is 5.41 Å². The Labute approximate surface area is 110 Å². The zero-order valence-corrected chi connectivity index (χ0v) is 11.7. The van der Waals surface area contributed by atoms with E-state index in [1.807, 2.05) is 30.3 Å². The topological polar surface area (TPSA) is 40.9 Å². The average Bonchev–Trinajstić information content (AvgIpc) is 2.24. The van der Waals surface area contributed by atoms with Crippen LogP contribution in [0.5, 0.6) is 0 Å². The summed E-state index contributed by atoms with van der Waals surface area (Å²) in [5.41, 5.74) is 0.497. The molecule has 0 bridgehead atoms. The monoisotopic (exact) mass is 291 g/mol. The molecule has 0 spiro atoms. The molecule has 1 aromatic carbocycles. The lowest BCUT2D eigenvalue weighted by Crippen LogP contribution is -2.21. The Bertz CT molecular complexity index is 504. The lowest BCUT2D eigenvalue weighted by Gasteiger charge is -2.15. The molecule has 2 nitrogen and oxygen atoms in total. The first-order valence-electron chi connectivity index (χ1n) is 5.27. The molecule has 0 N–H and O–H groups in total. The number of ketones is 1. The van der Waals surface area contributed by atoms with Crippen molar-refractivity contribution in [1.29, 1.82) is 5.26 Å². The van der Waals surface area contributed by atoms with Crippen molar-refractivity contribution in [2.45, 2.75) is 20.8 Å². The van der Waals surface area contributed by atoms with E-state index in [-0.39, 0.29) is 11.4 Å². The number of benzene rings is 1. The van der Waals surface area contributed by atoms with Crippen LogP contribution in [0.25, 0.3) is 6.08 Å².